The predicted octanol–water partition coefficient (Wildman–Crippen LogP) is 4.42. The third-order valence-corrected chi connectivity index (χ3v) is 3.77. The summed E-state index contributed by atoms with van der Waals surface area (Å²) >= 11 is 11.9. The Bertz CT molecular complexity index is 719. The maximum absolute atomic E-state index is 12.3. The number of anilines is 1. The summed E-state index contributed by atoms with van der Waals surface area (Å²) in [5, 5.41) is 3.72. The molecule has 0 saturated heterocycles. The summed E-state index contributed by atoms with van der Waals surface area (Å²) in [5.41, 5.74) is 0.440. The van der Waals surface area contributed by atoms with Gasteiger partial charge in [-0.15, -0.1) is 0 Å². The van der Waals surface area contributed by atoms with Crippen molar-refractivity contribution in [1.29, 1.82) is 0 Å². The molecule has 5 nitrogen and oxygen atoms in total. The summed E-state index contributed by atoms with van der Waals surface area (Å²) in [4.78, 5) is 12.3. The van der Waals surface area contributed by atoms with Crippen LogP contribution in [0.2, 0.25) is 10.0 Å². The fraction of sp³-hybridized carbons (Fsp3) is 0.235. The van der Waals surface area contributed by atoms with Crippen LogP contribution in [0, 0.1) is 0 Å². The van der Waals surface area contributed by atoms with Crippen LogP contribution in [0.15, 0.2) is 36.4 Å². The number of hydrogen-bond donors (Lipinski definition) is 1. The minimum Gasteiger partial charge on any atom is -0.495 e. The molecule has 0 radical (unpaired) electrons. The zero-order valence-corrected chi connectivity index (χ0v) is 14.9. The molecule has 128 valence electrons. The van der Waals surface area contributed by atoms with Gasteiger partial charge in [0.15, 0.2) is 6.10 Å². The molecule has 1 N–H and O–H groups in total. The minimum absolute atomic E-state index is 0.340. The van der Waals surface area contributed by atoms with Crippen molar-refractivity contribution in [1.82, 2.24) is 0 Å². The molecule has 2 rings (SSSR count). The molecular formula is C17H17Cl2NO4. The molecule has 0 aromatic heterocycles. The van der Waals surface area contributed by atoms with Gasteiger partial charge in [0.05, 0.1) is 24.9 Å². The zero-order valence-electron chi connectivity index (χ0n) is 13.4. The molecule has 0 unspecified atom stereocenters. The van der Waals surface area contributed by atoms with Crippen molar-refractivity contribution in [3.63, 3.8) is 0 Å². The largest absolute Gasteiger partial charge is 0.495 e. The molecule has 0 fully saturated rings. The number of hydrogen-bond acceptors (Lipinski definition) is 4. The van der Waals surface area contributed by atoms with Gasteiger partial charge in [0.25, 0.3) is 5.91 Å². The molecule has 1 atom stereocenters. The Morgan fingerprint density at radius 3 is 2.25 bits per heavy atom. The molecule has 7 heteroatoms. The Labute approximate surface area is 150 Å². The van der Waals surface area contributed by atoms with E-state index in [0.717, 1.165) is 0 Å². The van der Waals surface area contributed by atoms with Gasteiger partial charge in [-0.1, -0.05) is 23.2 Å². The van der Waals surface area contributed by atoms with Crippen molar-refractivity contribution in [2.75, 3.05) is 19.5 Å². The highest BCUT2D eigenvalue weighted by Gasteiger charge is 2.18. The molecule has 2 aromatic carbocycles. The Balaban J connectivity index is 2.12. The molecule has 2 aromatic rings. The quantitative estimate of drug-likeness (QED) is 0.818. The Hall–Kier alpha value is -2.11. The highest BCUT2D eigenvalue weighted by molar-refractivity contribution is 6.32. The average Bonchev–Trinajstić information content (AvgIpc) is 2.57. The third kappa shape index (κ3) is 4.46. The molecule has 0 aliphatic carbocycles. The lowest BCUT2D eigenvalue weighted by atomic mass is 10.2. The van der Waals surface area contributed by atoms with Gasteiger partial charge in [0.2, 0.25) is 0 Å². The number of amides is 1. The van der Waals surface area contributed by atoms with Crippen LogP contribution in [0.1, 0.15) is 6.92 Å². The molecule has 1 amide bonds. The Morgan fingerprint density at radius 1 is 1.04 bits per heavy atom. The van der Waals surface area contributed by atoms with Crippen LogP contribution in [0.3, 0.4) is 0 Å². The number of ether oxygens (including phenoxy) is 3. The molecule has 0 bridgehead atoms. The topological polar surface area (TPSA) is 56.8 Å². The predicted molar refractivity (Wildman–Crippen MR) is 94.7 cm³/mol. The van der Waals surface area contributed by atoms with Crippen LogP contribution in [0.25, 0.3) is 0 Å². The monoisotopic (exact) mass is 369 g/mol. The van der Waals surface area contributed by atoms with Crippen LogP contribution in [-0.2, 0) is 4.79 Å². The number of carbonyl (C=O) groups excluding carboxylic acids is 1. The van der Waals surface area contributed by atoms with Crippen molar-refractivity contribution in [2.45, 2.75) is 13.0 Å². The van der Waals surface area contributed by atoms with Crippen molar-refractivity contribution >= 4 is 34.8 Å². The fourth-order valence-electron chi connectivity index (χ4n) is 1.96. The molecule has 0 aliphatic rings. The third-order valence-electron chi connectivity index (χ3n) is 3.23. The van der Waals surface area contributed by atoms with E-state index in [2.05, 4.69) is 5.32 Å². The lowest BCUT2D eigenvalue weighted by molar-refractivity contribution is -0.122. The normalized spacial score (nSPS) is 11.5. The summed E-state index contributed by atoms with van der Waals surface area (Å²) in [6.45, 7) is 1.64. The first-order chi connectivity index (χ1) is 11.4. The van der Waals surface area contributed by atoms with Gasteiger partial charge in [0, 0.05) is 17.2 Å². The SMILES string of the molecule is COc1cc(NC(=O)[C@H](C)Oc2ccc(Cl)cc2)c(OC)cc1Cl. The van der Waals surface area contributed by atoms with E-state index in [1.807, 2.05) is 0 Å². The van der Waals surface area contributed by atoms with Gasteiger partial charge in [-0.05, 0) is 31.2 Å². The minimum atomic E-state index is -0.724. The number of benzene rings is 2. The number of rotatable bonds is 6. The van der Waals surface area contributed by atoms with E-state index in [9.17, 15) is 4.79 Å². The van der Waals surface area contributed by atoms with Crippen molar-refractivity contribution in [3.05, 3.63) is 46.4 Å². The second-order valence-corrected chi connectivity index (χ2v) is 5.73. The smallest absolute Gasteiger partial charge is 0.265 e. The van der Waals surface area contributed by atoms with Crippen molar-refractivity contribution in [3.8, 4) is 17.2 Å². The summed E-state index contributed by atoms with van der Waals surface area (Å²) in [5.74, 6) is 1.06. The molecule has 0 saturated carbocycles. The van der Waals surface area contributed by atoms with Gasteiger partial charge in [-0.3, -0.25) is 4.79 Å². The molecular weight excluding hydrogens is 353 g/mol. The maximum atomic E-state index is 12.3. The van der Waals surface area contributed by atoms with E-state index in [0.29, 0.717) is 33.0 Å². The van der Waals surface area contributed by atoms with E-state index < -0.39 is 6.10 Å². The number of halogens is 2. The highest BCUT2D eigenvalue weighted by atomic mass is 35.5. The van der Waals surface area contributed by atoms with Crippen LogP contribution in [-0.4, -0.2) is 26.2 Å². The summed E-state index contributed by atoms with van der Waals surface area (Å²) in [6.07, 6.45) is -0.724. The summed E-state index contributed by atoms with van der Waals surface area (Å²) in [7, 11) is 2.98. The van der Waals surface area contributed by atoms with Gasteiger partial charge in [0.1, 0.15) is 17.2 Å². The van der Waals surface area contributed by atoms with E-state index in [1.54, 1.807) is 43.3 Å². The van der Waals surface area contributed by atoms with E-state index >= 15 is 0 Å². The van der Waals surface area contributed by atoms with Crippen molar-refractivity contribution in [2.24, 2.45) is 0 Å². The van der Waals surface area contributed by atoms with E-state index in [-0.39, 0.29) is 5.91 Å². The molecule has 0 spiro atoms. The zero-order chi connectivity index (χ0) is 17.7. The van der Waals surface area contributed by atoms with Gasteiger partial charge in [-0.2, -0.15) is 0 Å². The number of carbonyl (C=O) groups is 1. The van der Waals surface area contributed by atoms with Gasteiger partial charge >= 0.3 is 0 Å². The van der Waals surface area contributed by atoms with Gasteiger partial charge in [-0.25, -0.2) is 0 Å². The Morgan fingerprint density at radius 2 is 1.67 bits per heavy atom. The second kappa shape index (κ2) is 8.13. The summed E-state index contributed by atoms with van der Waals surface area (Å²) < 4.78 is 16.0. The Kier molecular flexibility index (Phi) is 6.17. The van der Waals surface area contributed by atoms with Crippen LogP contribution < -0.4 is 19.5 Å². The van der Waals surface area contributed by atoms with Crippen LogP contribution in [0.5, 0.6) is 17.2 Å². The fourth-order valence-corrected chi connectivity index (χ4v) is 2.32. The summed E-state index contributed by atoms with van der Waals surface area (Å²) in [6, 6.07) is 9.92. The first-order valence-corrected chi connectivity index (χ1v) is 7.84. The van der Waals surface area contributed by atoms with E-state index in [1.165, 1.54) is 14.2 Å². The highest BCUT2D eigenvalue weighted by Crippen LogP contribution is 2.36. The van der Waals surface area contributed by atoms with E-state index in [4.69, 9.17) is 37.4 Å². The first kappa shape index (κ1) is 18.2. The van der Waals surface area contributed by atoms with Crippen LogP contribution >= 0.6 is 23.2 Å². The lowest BCUT2D eigenvalue weighted by Gasteiger charge is -2.17. The van der Waals surface area contributed by atoms with Crippen molar-refractivity contribution < 1.29 is 19.0 Å². The number of nitrogens with one attached hydrogen (secondary N) is 1. The standard InChI is InChI=1S/C17H17Cl2NO4/c1-10(24-12-6-4-11(18)5-7-12)17(21)20-14-9-15(22-2)13(19)8-16(14)23-3/h4-10H,1-3H3,(H,20,21)/t10-/m0/s1. The molecule has 0 aliphatic heterocycles. The number of methoxy groups -OCH3 is 2. The molecule has 24 heavy (non-hydrogen) atoms. The average molecular weight is 370 g/mol. The second-order valence-electron chi connectivity index (χ2n) is 4.89. The van der Waals surface area contributed by atoms with Gasteiger partial charge < -0.3 is 19.5 Å². The van der Waals surface area contributed by atoms with Crippen LogP contribution in [0.4, 0.5) is 5.69 Å². The molecule has 0 heterocycles. The first-order valence-electron chi connectivity index (χ1n) is 7.09. The maximum Gasteiger partial charge on any atom is 0.265 e. The lowest BCUT2D eigenvalue weighted by Crippen LogP contribution is -2.30.